The zero-order chi connectivity index (χ0) is 41.4. The van der Waals surface area contributed by atoms with E-state index < -0.39 is 24.0 Å². The molecule has 1 aliphatic heterocycles. The van der Waals surface area contributed by atoms with Gasteiger partial charge in [0.15, 0.2) is 12.7 Å². The van der Waals surface area contributed by atoms with Gasteiger partial charge in [-0.2, -0.15) is 5.11 Å². The topological polar surface area (TPSA) is 135 Å². The van der Waals surface area contributed by atoms with Crippen molar-refractivity contribution in [2.45, 2.75) is 150 Å². The number of ether oxygens (including phenoxy) is 5. The van der Waals surface area contributed by atoms with Crippen LogP contribution in [-0.4, -0.2) is 73.3 Å². The molecule has 1 saturated carbocycles. The molecule has 57 heavy (non-hydrogen) atoms. The van der Waals surface area contributed by atoms with Crippen molar-refractivity contribution in [1.82, 2.24) is 4.90 Å². The number of nitrogens with zero attached hydrogens (tertiary/aromatic N) is 3. The molecule has 1 saturated heterocycles. The first-order valence-corrected chi connectivity index (χ1v) is 21.0. The van der Waals surface area contributed by atoms with Crippen molar-refractivity contribution in [3.05, 3.63) is 59.7 Å². The average molecular weight is 794 g/mol. The number of hydrogen-bond acceptors (Lipinski definition) is 11. The number of hydrogen-bond donors (Lipinski definition) is 0. The first-order chi connectivity index (χ1) is 27.2. The number of amides is 1. The molecule has 0 N–H and O–H groups in total. The number of rotatable bonds is 23. The lowest BCUT2D eigenvalue weighted by Crippen LogP contribution is -2.48. The van der Waals surface area contributed by atoms with E-state index >= 15 is 0 Å². The maximum Gasteiger partial charge on any atom is 0.410 e. The average Bonchev–Trinajstić information content (AvgIpc) is 3.37. The molecule has 2 aliphatic rings. The van der Waals surface area contributed by atoms with Gasteiger partial charge >= 0.3 is 24.3 Å². The molecule has 1 amide bonds. The van der Waals surface area contributed by atoms with Crippen molar-refractivity contribution in [3.63, 3.8) is 0 Å². The summed E-state index contributed by atoms with van der Waals surface area (Å²) in [6, 6.07) is 15.2. The summed E-state index contributed by atoms with van der Waals surface area (Å²) in [4.78, 5) is 46.0. The van der Waals surface area contributed by atoms with Crippen LogP contribution in [0.15, 0.2) is 58.9 Å². The van der Waals surface area contributed by atoms with Crippen molar-refractivity contribution in [1.29, 1.82) is 0 Å². The van der Waals surface area contributed by atoms with Crippen molar-refractivity contribution in [3.8, 4) is 11.5 Å². The standard InChI is InChI=1S/C45H67N3O9/c1-9-10-11-12-13-14-15-16-35-19-23-38(24-20-35)55-40(29-54-42(50)33(4)5)57-47-46-36-25-44(7)30-45(8,26-36)48(31-44)43(51)56-39(28-53-41(49)32(2)3)27-52-37-21-17-34(6)18-22-37/h17-24,32-33,36,39-40H,9-16,25-31H2,1-8H3. The Kier molecular flexibility index (Phi) is 17.5. The van der Waals surface area contributed by atoms with Crippen LogP contribution in [0.25, 0.3) is 0 Å². The third-order valence-electron chi connectivity index (χ3n) is 10.7. The van der Waals surface area contributed by atoms with E-state index in [1.807, 2.05) is 50.2 Å². The van der Waals surface area contributed by atoms with Crippen molar-refractivity contribution >= 4 is 18.0 Å². The first-order valence-electron chi connectivity index (χ1n) is 21.0. The minimum absolute atomic E-state index is 0.0231. The van der Waals surface area contributed by atoms with Crippen molar-refractivity contribution < 1.29 is 42.9 Å². The number of esters is 2. The molecule has 2 fully saturated rings. The third-order valence-corrected chi connectivity index (χ3v) is 10.7. The van der Waals surface area contributed by atoms with E-state index in [0.29, 0.717) is 30.9 Å². The van der Waals surface area contributed by atoms with Gasteiger partial charge in [0.25, 0.3) is 0 Å². The number of carbonyl (C=O) groups is 3. The molecule has 316 valence electrons. The van der Waals surface area contributed by atoms with Crippen molar-refractivity contribution in [2.24, 2.45) is 27.6 Å². The molecule has 12 nitrogen and oxygen atoms in total. The lowest BCUT2D eigenvalue weighted by Gasteiger charge is -2.39. The van der Waals surface area contributed by atoms with Gasteiger partial charge in [0.1, 0.15) is 24.7 Å². The maximum absolute atomic E-state index is 13.8. The summed E-state index contributed by atoms with van der Waals surface area (Å²) >= 11 is 0. The summed E-state index contributed by atoms with van der Waals surface area (Å²) < 4.78 is 28.9. The fraction of sp³-hybridized carbons (Fsp3) is 0.667. The molecule has 2 aromatic rings. The molecule has 2 aromatic carbocycles. The zero-order valence-corrected chi connectivity index (χ0v) is 35.6. The van der Waals surface area contributed by atoms with E-state index in [1.54, 1.807) is 32.6 Å². The predicted molar refractivity (Wildman–Crippen MR) is 218 cm³/mol. The van der Waals surface area contributed by atoms with Gasteiger partial charge in [0.05, 0.1) is 17.9 Å². The Morgan fingerprint density at radius 3 is 2.05 bits per heavy atom. The molecule has 2 bridgehead atoms. The molecule has 5 unspecified atom stereocenters. The molecule has 0 aromatic heterocycles. The van der Waals surface area contributed by atoms with Gasteiger partial charge in [0.2, 0.25) is 0 Å². The molecule has 1 heterocycles. The molecule has 5 atom stereocenters. The zero-order valence-electron chi connectivity index (χ0n) is 35.6. The summed E-state index contributed by atoms with van der Waals surface area (Å²) in [6.07, 6.45) is 9.53. The van der Waals surface area contributed by atoms with Gasteiger partial charge in [-0.25, -0.2) is 4.79 Å². The number of fused-ring (bicyclic) bond motifs is 2. The van der Waals surface area contributed by atoms with Gasteiger partial charge in [-0.1, -0.05) is 110 Å². The highest BCUT2D eigenvalue weighted by atomic mass is 16.8. The second-order valence-corrected chi connectivity index (χ2v) is 17.2. The number of likely N-dealkylation sites (tertiary alicyclic amines) is 1. The van der Waals surface area contributed by atoms with Crippen LogP contribution in [0.1, 0.15) is 124 Å². The predicted octanol–water partition coefficient (Wildman–Crippen LogP) is 9.99. The summed E-state index contributed by atoms with van der Waals surface area (Å²) in [5, 5.41) is 8.66. The Morgan fingerprint density at radius 2 is 1.40 bits per heavy atom. The molecule has 0 spiro atoms. The van der Waals surface area contributed by atoms with E-state index in [0.717, 1.165) is 24.8 Å². The van der Waals surface area contributed by atoms with Crippen LogP contribution in [-0.2, 0) is 35.1 Å². The summed E-state index contributed by atoms with van der Waals surface area (Å²) in [6.45, 7) is 15.6. The van der Waals surface area contributed by atoms with Crippen LogP contribution in [0.2, 0.25) is 0 Å². The lowest BCUT2D eigenvalue weighted by molar-refractivity contribution is -0.165. The Morgan fingerprint density at radius 1 is 0.789 bits per heavy atom. The van der Waals surface area contributed by atoms with Crippen LogP contribution in [0.3, 0.4) is 0 Å². The molecule has 4 rings (SSSR count). The highest BCUT2D eigenvalue weighted by molar-refractivity contribution is 5.72. The highest BCUT2D eigenvalue weighted by Crippen LogP contribution is 2.52. The highest BCUT2D eigenvalue weighted by Gasteiger charge is 2.56. The largest absolute Gasteiger partial charge is 0.490 e. The molecule has 0 radical (unpaired) electrons. The summed E-state index contributed by atoms with van der Waals surface area (Å²) in [5.41, 5.74) is 1.53. The Bertz CT molecular complexity index is 1580. The lowest BCUT2D eigenvalue weighted by atomic mass is 9.70. The number of carbonyl (C=O) groups excluding carboxylic acids is 3. The van der Waals surface area contributed by atoms with Crippen LogP contribution in [0, 0.1) is 24.2 Å². The van der Waals surface area contributed by atoms with Crippen LogP contribution < -0.4 is 9.47 Å². The number of benzene rings is 2. The summed E-state index contributed by atoms with van der Waals surface area (Å²) in [5.74, 6) is -0.173. The van der Waals surface area contributed by atoms with Gasteiger partial charge in [-0.3, -0.25) is 9.59 Å². The Labute approximate surface area is 340 Å². The first kappa shape index (κ1) is 45.4. The van der Waals surface area contributed by atoms with Gasteiger partial charge in [0, 0.05) is 17.4 Å². The monoisotopic (exact) mass is 793 g/mol. The second-order valence-electron chi connectivity index (χ2n) is 17.2. The molecule has 12 heteroatoms. The van der Waals surface area contributed by atoms with Crippen LogP contribution in [0.5, 0.6) is 11.5 Å². The number of aryl methyl sites for hydroxylation is 2. The quantitative estimate of drug-likeness (QED) is 0.0269. The van der Waals surface area contributed by atoms with Gasteiger partial charge in [-0.15, -0.1) is 0 Å². The minimum Gasteiger partial charge on any atom is -0.490 e. The van der Waals surface area contributed by atoms with E-state index in [4.69, 9.17) is 28.5 Å². The van der Waals surface area contributed by atoms with Crippen molar-refractivity contribution in [2.75, 3.05) is 26.4 Å². The van der Waals surface area contributed by atoms with E-state index in [9.17, 15) is 14.4 Å². The fourth-order valence-corrected chi connectivity index (χ4v) is 7.69. The normalized spacial score (nSPS) is 21.4. The Hall–Kier alpha value is -4.35. The minimum atomic E-state index is -1.01. The molecule has 1 aliphatic carbocycles. The van der Waals surface area contributed by atoms with Gasteiger partial charge < -0.3 is 33.4 Å². The van der Waals surface area contributed by atoms with E-state index in [1.165, 1.54) is 44.1 Å². The molecular formula is C45H67N3O9. The smallest absolute Gasteiger partial charge is 0.410 e. The molecular weight excluding hydrogens is 727 g/mol. The van der Waals surface area contributed by atoms with Crippen LogP contribution >= 0.6 is 0 Å². The summed E-state index contributed by atoms with van der Waals surface area (Å²) in [7, 11) is 0. The second kappa shape index (κ2) is 22.0. The maximum atomic E-state index is 13.8. The Balaban J connectivity index is 1.35. The van der Waals surface area contributed by atoms with E-state index in [-0.39, 0.29) is 55.1 Å². The van der Waals surface area contributed by atoms with Gasteiger partial charge in [-0.05, 0) is 81.2 Å². The number of unbranched alkanes of at least 4 members (excludes halogenated alkanes) is 6. The van der Waals surface area contributed by atoms with E-state index in [2.05, 4.69) is 36.4 Å². The SMILES string of the molecule is CCCCCCCCCc1ccc(OC(COC(=O)C(C)C)ON=NC2CC3(C)CN(C(=O)OC(COC(=O)C(C)C)COc4ccc(C)cc4)C(C)(C2)C3)cc1. The van der Waals surface area contributed by atoms with Crippen LogP contribution in [0.4, 0.5) is 4.79 Å². The fourth-order valence-electron chi connectivity index (χ4n) is 7.69. The third kappa shape index (κ3) is 14.8.